The normalized spacial score (nSPS) is 11.2. The van der Waals surface area contributed by atoms with Crippen LogP contribution >= 0.6 is 0 Å². The van der Waals surface area contributed by atoms with E-state index >= 15 is 0 Å². The third-order valence-electron chi connectivity index (χ3n) is 6.03. The number of nitrogens with zero attached hydrogens (tertiary/aromatic N) is 5. The van der Waals surface area contributed by atoms with E-state index in [1.54, 1.807) is 0 Å². The number of H-pyrrole nitrogens is 1. The maximum absolute atomic E-state index is 12.2. The zero-order chi connectivity index (χ0) is 23.7. The monoisotopic (exact) mass is 452 g/mol. The number of nitrogens with one attached hydrogen (secondary N) is 1. The summed E-state index contributed by atoms with van der Waals surface area (Å²) in [5.41, 5.74) is 6.13. The fourth-order valence-corrected chi connectivity index (χ4v) is 4.37. The van der Waals surface area contributed by atoms with Gasteiger partial charge in [-0.15, -0.1) is 5.10 Å². The number of unbranched alkanes of at least 4 members (excludes halogenated alkanes) is 1. The summed E-state index contributed by atoms with van der Waals surface area (Å²) in [6.45, 7) is 3.96. The molecule has 170 valence electrons. The molecule has 0 unspecified atom stereocenters. The van der Waals surface area contributed by atoms with Crippen molar-refractivity contribution in [1.29, 1.82) is 0 Å². The van der Waals surface area contributed by atoms with Crippen molar-refractivity contribution in [2.45, 2.75) is 33.1 Å². The topological polar surface area (TPSA) is 110 Å². The van der Waals surface area contributed by atoms with Gasteiger partial charge in [0.15, 0.2) is 5.82 Å². The first-order chi connectivity index (χ1) is 16.6. The van der Waals surface area contributed by atoms with Crippen molar-refractivity contribution < 1.29 is 9.90 Å². The molecule has 0 atom stereocenters. The van der Waals surface area contributed by atoms with Gasteiger partial charge in [0.25, 0.3) is 0 Å². The number of aromatic amines is 1. The zero-order valence-corrected chi connectivity index (χ0v) is 19.0. The number of rotatable bonds is 7. The lowest BCUT2D eigenvalue weighted by atomic mass is 9.99. The molecular formula is C26H24N6O2. The molecule has 0 aliphatic rings. The van der Waals surface area contributed by atoms with Crippen LogP contribution in [0.2, 0.25) is 0 Å². The van der Waals surface area contributed by atoms with Crippen molar-refractivity contribution >= 4 is 17.0 Å². The standard InChI is InChI=1S/C26H24N6O2/c1-3-4-9-22-27-21-15-10-16(2)23(26(33)34)24(21)32(22)18-13-11-17(12-14-18)19-7-5-6-8-20(19)25-28-30-31-29-25/h5-8,10-15H,3-4,9H2,1-2H3,(H,33,34)(H,28,29,30,31). The Morgan fingerprint density at radius 3 is 2.47 bits per heavy atom. The number of aryl methyl sites for hydroxylation is 2. The zero-order valence-electron chi connectivity index (χ0n) is 19.0. The molecule has 0 spiro atoms. The Kier molecular flexibility index (Phi) is 5.63. The highest BCUT2D eigenvalue weighted by Gasteiger charge is 2.21. The number of benzene rings is 3. The number of aromatic carboxylic acids is 1. The maximum Gasteiger partial charge on any atom is 0.338 e. The van der Waals surface area contributed by atoms with Crippen molar-refractivity contribution in [3.05, 3.63) is 77.6 Å². The third kappa shape index (κ3) is 3.73. The van der Waals surface area contributed by atoms with Crippen molar-refractivity contribution in [3.63, 3.8) is 0 Å². The fourth-order valence-electron chi connectivity index (χ4n) is 4.37. The fraction of sp³-hybridized carbons (Fsp3) is 0.192. The highest BCUT2D eigenvalue weighted by Crippen LogP contribution is 2.32. The first-order valence-electron chi connectivity index (χ1n) is 11.3. The number of carboxylic acids is 1. The Morgan fingerprint density at radius 2 is 1.79 bits per heavy atom. The molecular weight excluding hydrogens is 428 g/mol. The quantitative estimate of drug-likeness (QED) is 0.350. The molecule has 5 rings (SSSR count). The lowest BCUT2D eigenvalue weighted by molar-refractivity contribution is 0.0698. The van der Waals surface area contributed by atoms with Gasteiger partial charge in [-0.25, -0.2) is 14.9 Å². The van der Waals surface area contributed by atoms with Crippen LogP contribution in [0, 0.1) is 6.92 Å². The third-order valence-corrected chi connectivity index (χ3v) is 6.03. The van der Waals surface area contributed by atoms with E-state index in [2.05, 4.69) is 27.5 Å². The molecule has 0 amide bonds. The lowest BCUT2D eigenvalue weighted by Gasteiger charge is -2.13. The second-order valence-electron chi connectivity index (χ2n) is 8.24. The minimum absolute atomic E-state index is 0.292. The van der Waals surface area contributed by atoms with Gasteiger partial charge in [0.1, 0.15) is 5.82 Å². The van der Waals surface area contributed by atoms with Gasteiger partial charge in [0.05, 0.1) is 16.6 Å². The van der Waals surface area contributed by atoms with Gasteiger partial charge in [-0.2, -0.15) is 0 Å². The number of fused-ring (bicyclic) bond motifs is 1. The SMILES string of the molecule is CCCCc1nc2ccc(C)c(C(=O)O)c2n1-c1ccc(-c2ccccc2-c2nnn[nH]2)cc1. The van der Waals surface area contributed by atoms with E-state index in [0.717, 1.165) is 53.0 Å². The van der Waals surface area contributed by atoms with Gasteiger partial charge in [0, 0.05) is 17.7 Å². The molecule has 0 fully saturated rings. The summed E-state index contributed by atoms with van der Waals surface area (Å²) in [4.78, 5) is 17.0. The smallest absolute Gasteiger partial charge is 0.338 e. The molecule has 3 aromatic carbocycles. The summed E-state index contributed by atoms with van der Waals surface area (Å²) >= 11 is 0. The van der Waals surface area contributed by atoms with Crippen LogP contribution < -0.4 is 0 Å². The minimum Gasteiger partial charge on any atom is -0.478 e. The summed E-state index contributed by atoms with van der Waals surface area (Å²) in [6, 6.07) is 19.7. The highest BCUT2D eigenvalue weighted by molar-refractivity contribution is 6.03. The molecule has 0 bridgehead atoms. The van der Waals surface area contributed by atoms with E-state index < -0.39 is 5.97 Å². The van der Waals surface area contributed by atoms with E-state index in [4.69, 9.17) is 4.98 Å². The predicted molar refractivity (Wildman–Crippen MR) is 130 cm³/mol. The summed E-state index contributed by atoms with van der Waals surface area (Å²) in [6.07, 6.45) is 2.77. The number of carboxylic acid groups (broad SMARTS) is 1. The van der Waals surface area contributed by atoms with E-state index in [0.29, 0.717) is 22.4 Å². The second-order valence-corrected chi connectivity index (χ2v) is 8.24. The van der Waals surface area contributed by atoms with Crippen molar-refractivity contribution in [1.82, 2.24) is 30.2 Å². The van der Waals surface area contributed by atoms with Crippen molar-refractivity contribution in [3.8, 4) is 28.2 Å². The number of imidazole rings is 1. The highest BCUT2D eigenvalue weighted by atomic mass is 16.4. The largest absolute Gasteiger partial charge is 0.478 e. The Balaban J connectivity index is 1.66. The van der Waals surface area contributed by atoms with Gasteiger partial charge < -0.3 is 5.11 Å². The molecule has 2 aromatic heterocycles. The predicted octanol–water partition coefficient (Wildman–Crippen LogP) is 5.22. The average molecular weight is 453 g/mol. The number of aromatic nitrogens is 6. The molecule has 5 aromatic rings. The first kappa shape index (κ1) is 21.5. The Labute approximate surface area is 196 Å². The molecule has 34 heavy (non-hydrogen) atoms. The Hall–Kier alpha value is -4.33. The number of carbonyl (C=O) groups is 1. The van der Waals surface area contributed by atoms with Gasteiger partial charge in [-0.05, 0) is 58.7 Å². The van der Waals surface area contributed by atoms with Crippen LogP contribution in [0.1, 0.15) is 41.5 Å². The summed E-state index contributed by atoms with van der Waals surface area (Å²) in [5, 5.41) is 24.2. The first-order valence-corrected chi connectivity index (χ1v) is 11.3. The van der Waals surface area contributed by atoms with Gasteiger partial charge in [-0.1, -0.05) is 55.8 Å². The lowest BCUT2D eigenvalue weighted by Crippen LogP contribution is -2.07. The maximum atomic E-state index is 12.2. The van der Waals surface area contributed by atoms with Crippen LogP contribution in [0.4, 0.5) is 0 Å². The molecule has 0 saturated carbocycles. The average Bonchev–Trinajstić information content (AvgIpc) is 3.51. The van der Waals surface area contributed by atoms with Crippen LogP contribution in [0.15, 0.2) is 60.7 Å². The Morgan fingerprint density at radius 1 is 1.03 bits per heavy atom. The van der Waals surface area contributed by atoms with Crippen LogP contribution in [0.3, 0.4) is 0 Å². The minimum atomic E-state index is -0.947. The number of hydrogen-bond acceptors (Lipinski definition) is 5. The molecule has 0 aliphatic carbocycles. The summed E-state index contributed by atoms with van der Waals surface area (Å²) < 4.78 is 2.00. The van der Waals surface area contributed by atoms with E-state index in [-0.39, 0.29) is 0 Å². The molecule has 2 heterocycles. The van der Waals surface area contributed by atoms with Crippen LogP contribution in [0.25, 0.3) is 39.2 Å². The molecule has 0 radical (unpaired) electrons. The van der Waals surface area contributed by atoms with Gasteiger partial charge >= 0.3 is 5.97 Å². The van der Waals surface area contributed by atoms with Gasteiger partial charge in [-0.3, -0.25) is 4.57 Å². The van der Waals surface area contributed by atoms with Crippen molar-refractivity contribution in [2.24, 2.45) is 0 Å². The molecule has 0 saturated heterocycles. The van der Waals surface area contributed by atoms with E-state index in [1.807, 2.05) is 72.2 Å². The summed E-state index contributed by atoms with van der Waals surface area (Å²) in [7, 11) is 0. The van der Waals surface area contributed by atoms with E-state index in [1.165, 1.54) is 0 Å². The van der Waals surface area contributed by atoms with Crippen LogP contribution in [0.5, 0.6) is 0 Å². The van der Waals surface area contributed by atoms with E-state index in [9.17, 15) is 9.90 Å². The van der Waals surface area contributed by atoms with Crippen molar-refractivity contribution in [2.75, 3.05) is 0 Å². The van der Waals surface area contributed by atoms with Gasteiger partial charge in [0.2, 0.25) is 0 Å². The molecule has 2 N–H and O–H groups in total. The van der Waals surface area contributed by atoms with Crippen LogP contribution in [-0.2, 0) is 6.42 Å². The molecule has 0 aliphatic heterocycles. The summed E-state index contributed by atoms with van der Waals surface area (Å²) in [5.74, 6) is 0.520. The number of tetrazole rings is 1. The molecule has 8 nitrogen and oxygen atoms in total. The molecule has 8 heteroatoms. The van der Waals surface area contributed by atoms with Crippen LogP contribution in [-0.4, -0.2) is 41.3 Å². The number of hydrogen-bond donors (Lipinski definition) is 2. The second kappa shape index (κ2) is 8.90. The Bertz CT molecular complexity index is 1470.